The van der Waals surface area contributed by atoms with E-state index in [4.69, 9.17) is 4.52 Å². The number of guanidine groups is 1. The van der Waals surface area contributed by atoms with Crippen LogP contribution in [0.1, 0.15) is 48.4 Å². The SMILES string of the molecule is CN=C(NCC(C)c1c(C)noc1C)NC(C)c1cccc2ccccc12. The quantitative estimate of drug-likeness (QED) is 0.518. The lowest BCUT2D eigenvalue weighted by Crippen LogP contribution is -2.40. The number of nitrogens with one attached hydrogen (secondary N) is 2. The van der Waals surface area contributed by atoms with Gasteiger partial charge in [0.1, 0.15) is 5.76 Å². The maximum Gasteiger partial charge on any atom is 0.191 e. The van der Waals surface area contributed by atoms with Crippen LogP contribution in [-0.2, 0) is 0 Å². The Balaban J connectivity index is 1.68. The van der Waals surface area contributed by atoms with E-state index in [0.29, 0.717) is 0 Å². The molecule has 1 heterocycles. The fourth-order valence-corrected chi connectivity index (χ4v) is 3.65. The van der Waals surface area contributed by atoms with Gasteiger partial charge in [0.15, 0.2) is 5.96 Å². The summed E-state index contributed by atoms with van der Waals surface area (Å²) in [5, 5.41) is 13.5. The summed E-state index contributed by atoms with van der Waals surface area (Å²) in [5.41, 5.74) is 3.38. The first-order valence-electron chi connectivity index (χ1n) is 9.39. The van der Waals surface area contributed by atoms with Gasteiger partial charge in [-0.1, -0.05) is 54.5 Å². The fourth-order valence-electron chi connectivity index (χ4n) is 3.65. The molecule has 2 N–H and O–H groups in total. The molecule has 0 amide bonds. The summed E-state index contributed by atoms with van der Waals surface area (Å²) in [7, 11) is 1.80. The van der Waals surface area contributed by atoms with Crippen molar-refractivity contribution in [1.82, 2.24) is 15.8 Å². The van der Waals surface area contributed by atoms with Gasteiger partial charge in [-0.05, 0) is 37.1 Å². The van der Waals surface area contributed by atoms with E-state index in [1.54, 1.807) is 7.05 Å². The molecule has 142 valence electrons. The van der Waals surface area contributed by atoms with E-state index in [1.807, 2.05) is 13.8 Å². The van der Waals surface area contributed by atoms with Crippen molar-refractivity contribution in [2.45, 2.75) is 39.7 Å². The highest BCUT2D eigenvalue weighted by Crippen LogP contribution is 2.24. The Hall–Kier alpha value is -2.82. The van der Waals surface area contributed by atoms with Crippen molar-refractivity contribution >= 4 is 16.7 Å². The highest BCUT2D eigenvalue weighted by atomic mass is 16.5. The molecule has 5 heteroatoms. The van der Waals surface area contributed by atoms with Gasteiger partial charge in [-0.3, -0.25) is 4.99 Å². The Bertz CT molecular complexity index is 920. The molecule has 2 unspecified atom stereocenters. The summed E-state index contributed by atoms with van der Waals surface area (Å²) in [6.45, 7) is 9.03. The van der Waals surface area contributed by atoms with Gasteiger partial charge < -0.3 is 15.2 Å². The second-order valence-corrected chi connectivity index (χ2v) is 7.03. The first kappa shape index (κ1) is 19.0. The molecule has 27 heavy (non-hydrogen) atoms. The van der Waals surface area contributed by atoms with Crippen molar-refractivity contribution in [3.05, 3.63) is 65.0 Å². The fraction of sp³-hybridized carbons (Fsp3) is 0.364. The molecule has 2 aromatic carbocycles. The molecule has 1 aromatic heterocycles. The zero-order valence-electron chi connectivity index (χ0n) is 16.7. The molecule has 0 radical (unpaired) electrons. The molecular formula is C22H28N4O. The zero-order chi connectivity index (χ0) is 19.4. The lowest BCUT2D eigenvalue weighted by Gasteiger charge is -2.21. The van der Waals surface area contributed by atoms with Gasteiger partial charge >= 0.3 is 0 Å². The highest BCUT2D eigenvalue weighted by molar-refractivity contribution is 5.87. The van der Waals surface area contributed by atoms with Crippen LogP contribution in [0.25, 0.3) is 10.8 Å². The predicted octanol–water partition coefficient (Wildman–Crippen LogP) is 4.47. The Labute approximate surface area is 160 Å². The van der Waals surface area contributed by atoms with Crippen LogP contribution in [0.3, 0.4) is 0 Å². The third kappa shape index (κ3) is 4.13. The van der Waals surface area contributed by atoms with E-state index in [9.17, 15) is 0 Å². The highest BCUT2D eigenvalue weighted by Gasteiger charge is 2.17. The number of nitrogens with zero attached hydrogens (tertiary/aromatic N) is 2. The normalized spacial score (nSPS) is 14.2. The van der Waals surface area contributed by atoms with Gasteiger partial charge in [-0.2, -0.15) is 0 Å². The van der Waals surface area contributed by atoms with Gasteiger partial charge in [0.2, 0.25) is 0 Å². The summed E-state index contributed by atoms with van der Waals surface area (Å²) in [6, 6.07) is 15.0. The average molecular weight is 364 g/mol. The molecule has 0 aliphatic heterocycles. The Kier molecular flexibility index (Phi) is 5.79. The minimum absolute atomic E-state index is 0.136. The Morgan fingerprint density at radius 3 is 2.56 bits per heavy atom. The predicted molar refractivity (Wildman–Crippen MR) is 111 cm³/mol. The van der Waals surface area contributed by atoms with Crippen molar-refractivity contribution in [1.29, 1.82) is 0 Å². The molecule has 5 nitrogen and oxygen atoms in total. The molecule has 0 aliphatic rings. The van der Waals surface area contributed by atoms with Crippen molar-refractivity contribution in [2.24, 2.45) is 4.99 Å². The van der Waals surface area contributed by atoms with Crippen LogP contribution in [0, 0.1) is 13.8 Å². The van der Waals surface area contributed by atoms with E-state index >= 15 is 0 Å². The second kappa shape index (κ2) is 8.25. The molecule has 3 aromatic rings. The van der Waals surface area contributed by atoms with Crippen LogP contribution in [0.2, 0.25) is 0 Å². The molecular weight excluding hydrogens is 336 g/mol. The van der Waals surface area contributed by atoms with Crippen LogP contribution in [0.15, 0.2) is 52.0 Å². The molecule has 0 bridgehead atoms. The van der Waals surface area contributed by atoms with Crippen LogP contribution in [0.4, 0.5) is 0 Å². The van der Waals surface area contributed by atoms with Gasteiger partial charge in [0, 0.05) is 25.1 Å². The smallest absolute Gasteiger partial charge is 0.191 e. The molecule has 0 fully saturated rings. The number of hydrogen-bond acceptors (Lipinski definition) is 3. The number of fused-ring (bicyclic) bond motifs is 1. The van der Waals surface area contributed by atoms with E-state index < -0.39 is 0 Å². The minimum Gasteiger partial charge on any atom is -0.361 e. The third-order valence-electron chi connectivity index (χ3n) is 5.02. The lowest BCUT2D eigenvalue weighted by atomic mass is 9.99. The standard InChI is InChI=1S/C22H28N4O/c1-14(21-16(3)26-27-17(21)4)13-24-22(23-5)25-15(2)19-12-8-10-18-9-6-7-11-20(18)19/h6-12,14-15H,13H2,1-5H3,(H2,23,24,25). The van der Waals surface area contributed by atoms with E-state index in [0.717, 1.165) is 24.0 Å². The molecule has 0 spiro atoms. The zero-order valence-corrected chi connectivity index (χ0v) is 16.7. The summed E-state index contributed by atoms with van der Waals surface area (Å²) in [4.78, 5) is 4.39. The molecule has 0 saturated heterocycles. The van der Waals surface area contributed by atoms with Crippen LogP contribution < -0.4 is 10.6 Å². The maximum absolute atomic E-state index is 5.29. The van der Waals surface area contributed by atoms with Gasteiger partial charge in [-0.15, -0.1) is 0 Å². The number of rotatable bonds is 5. The summed E-state index contributed by atoms with van der Waals surface area (Å²) < 4.78 is 5.29. The Morgan fingerprint density at radius 2 is 1.85 bits per heavy atom. The van der Waals surface area contributed by atoms with Crippen molar-refractivity contribution in [3.8, 4) is 0 Å². The molecule has 2 atom stereocenters. The van der Waals surface area contributed by atoms with E-state index in [1.165, 1.54) is 21.9 Å². The van der Waals surface area contributed by atoms with Gasteiger partial charge in [-0.25, -0.2) is 0 Å². The molecule has 0 aliphatic carbocycles. The largest absolute Gasteiger partial charge is 0.361 e. The molecule has 0 saturated carbocycles. The van der Waals surface area contributed by atoms with Crippen LogP contribution in [-0.4, -0.2) is 24.7 Å². The number of benzene rings is 2. The number of aryl methyl sites for hydroxylation is 2. The summed E-state index contributed by atoms with van der Waals surface area (Å²) in [5.74, 6) is 1.95. The number of hydrogen-bond donors (Lipinski definition) is 2. The van der Waals surface area contributed by atoms with Crippen LogP contribution >= 0.6 is 0 Å². The van der Waals surface area contributed by atoms with Gasteiger partial charge in [0.25, 0.3) is 0 Å². The summed E-state index contributed by atoms with van der Waals surface area (Å²) >= 11 is 0. The monoisotopic (exact) mass is 364 g/mol. The van der Waals surface area contributed by atoms with Gasteiger partial charge in [0.05, 0.1) is 11.7 Å². The second-order valence-electron chi connectivity index (χ2n) is 7.03. The average Bonchev–Trinajstić information content (AvgIpc) is 3.02. The first-order chi connectivity index (χ1) is 13.0. The third-order valence-corrected chi connectivity index (χ3v) is 5.02. The minimum atomic E-state index is 0.136. The topological polar surface area (TPSA) is 62.5 Å². The lowest BCUT2D eigenvalue weighted by molar-refractivity contribution is 0.391. The van der Waals surface area contributed by atoms with Crippen molar-refractivity contribution in [3.63, 3.8) is 0 Å². The van der Waals surface area contributed by atoms with Crippen molar-refractivity contribution < 1.29 is 4.52 Å². The Morgan fingerprint density at radius 1 is 1.11 bits per heavy atom. The summed E-state index contributed by atoms with van der Waals surface area (Å²) in [6.07, 6.45) is 0. The number of aliphatic imine (C=N–C) groups is 1. The van der Waals surface area contributed by atoms with Crippen molar-refractivity contribution in [2.75, 3.05) is 13.6 Å². The van der Waals surface area contributed by atoms with E-state index in [-0.39, 0.29) is 12.0 Å². The first-order valence-corrected chi connectivity index (χ1v) is 9.39. The van der Waals surface area contributed by atoms with E-state index in [2.05, 4.69) is 77.1 Å². The van der Waals surface area contributed by atoms with Crippen LogP contribution in [0.5, 0.6) is 0 Å². The maximum atomic E-state index is 5.29. The molecule has 3 rings (SSSR count). The number of aromatic nitrogens is 1.